The molecule has 0 aliphatic carbocycles. The van der Waals surface area contributed by atoms with Crippen molar-refractivity contribution in [3.05, 3.63) is 60.2 Å². The van der Waals surface area contributed by atoms with Gasteiger partial charge in [-0.05, 0) is 37.5 Å². The number of rotatable bonds is 7. The van der Waals surface area contributed by atoms with Gasteiger partial charge in [-0.25, -0.2) is 0 Å². The maximum atomic E-state index is 12.4. The molecule has 2 rings (SSSR count). The number of benzene rings is 2. The van der Waals surface area contributed by atoms with E-state index in [2.05, 4.69) is 5.32 Å². The molecule has 1 N–H and O–H groups in total. The van der Waals surface area contributed by atoms with Gasteiger partial charge in [0.15, 0.2) is 0 Å². The normalized spacial score (nSPS) is 10.7. The van der Waals surface area contributed by atoms with Gasteiger partial charge < -0.3 is 10.1 Å². The van der Waals surface area contributed by atoms with Crippen LogP contribution in [0, 0.1) is 0 Å². The lowest BCUT2D eigenvalue weighted by Gasteiger charge is -2.11. The van der Waals surface area contributed by atoms with Gasteiger partial charge in [-0.1, -0.05) is 48.5 Å². The van der Waals surface area contributed by atoms with Gasteiger partial charge in [-0.15, -0.1) is 0 Å². The zero-order chi connectivity index (χ0) is 15.8. The molecule has 0 radical (unpaired) electrons. The minimum atomic E-state index is -0.0380. The van der Waals surface area contributed by atoms with Crippen LogP contribution in [0.4, 0.5) is 0 Å². The van der Waals surface area contributed by atoms with Crippen LogP contribution in [0.15, 0.2) is 54.6 Å². The molecule has 0 heterocycles. The van der Waals surface area contributed by atoms with Crippen LogP contribution in [0.3, 0.4) is 0 Å². The summed E-state index contributed by atoms with van der Waals surface area (Å²) in [5, 5.41) is 2.96. The Kier molecular flexibility index (Phi) is 6.16. The Morgan fingerprint density at radius 2 is 1.73 bits per heavy atom. The summed E-state index contributed by atoms with van der Waals surface area (Å²) in [6.45, 7) is 5.30. The SMILES string of the molecule is CC(C)OCCCNC(=O)c1ccccc1-c1ccccc1. The highest BCUT2D eigenvalue weighted by Gasteiger charge is 2.11. The van der Waals surface area contributed by atoms with Crippen LogP contribution in [0.1, 0.15) is 30.6 Å². The number of carbonyl (C=O) groups excluding carboxylic acids is 1. The minimum absolute atomic E-state index is 0.0380. The number of hydrogen-bond donors (Lipinski definition) is 1. The monoisotopic (exact) mass is 297 g/mol. The fourth-order valence-corrected chi connectivity index (χ4v) is 2.24. The molecule has 0 aliphatic rings. The fraction of sp³-hybridized carbons (Fsp3) is 0.316. The molecule has 0 aliphatic heterocycles. The Labute approximate surface area is 132 Å². The maximum absolute atomic E-state index is 12.4. The first-order chi connectivity index (χ1) is 10.7. The van der Waals surface area contributed by atoms with Gasteiger partial charge in [-0.3, -0.25) is 4.79 Å². The first kappa shape index (κ1) is 16.2. The predicted octanol–water partition coefficient (Wildman–Crippen LogP) is 3.90. The summed E-state index contributed by atoms with van der Waals surface area (Å²) in [6.07, 6.45) is 1.05. The summed E-state index contributed by atoms with van der Waals surface area (Å²) in [6, 6.07) is 17.7. The highest BCUT2D eigenvalue weighted by atomic mass is 16.5. The Hall–Kier alpha value is -2.13. The largest absolute Gasteiger partial charge is 0.379 e. The van der Waals surface area contributed by atoms with Gasteiger partial charge in [-0.2, -0.15) is 0 Å². The Balaban J connectivity index is 1.99. The van der Waals surface area contributed by atoms with E-state index in [1.807, 2.05) is 68.4 Å². The summed E-state index contributed by atoms with van der Waals surface area (Å²) < 4.78 is 5.47. The molecule has 0 saturated heterocycles. The van der Waals surface area contributed by atoms with E-state index in [1.165, 1.54) is 0 Å². The summed E-state index contributed by atoms with van der Waals surface area (Å²) in [7, 11) is 0. The number of ether oxygens (including phenoxy) is 1. The molecule has 0 atom stereocenters. The molecule has 2 aromatic carbocycles. The van der Waals surface area contributed by atoms with Gasteiger partial charge in [0.25, 0.3) is 5.91 Å². The van der Waals surface area contributed by atoms with Crippen LogP contribution in [-0.4, -0.2) is 25.2 Å². The molecule has 2 aromatic rings. The predicted molar refractivity (Wildman–Crippen MR) is 89.9 cm³/mol. The standard InChI is InChI=1S/C19H23NO2/c1-15(2)22-14-8-13-20-19(21)18-12-7-6-11-17(18)16-9-4-3-5-10-16/h3-7,9-12,15H,8,13-14H2,1-2H3,(H,20,21). The Bertz CT molecular complexity index is 593. The Morgan fingerprint density at radius 3 is 2.45 bits per heavy atom. The number of nitrogens with one attached hydrogen (secondary N) is 1. The lowest BCUT2D eigenvalue weighted by molar-refractivity contribution is 0.0757. The topological polar surface area (TPSA) is 38.3 Å². The minimum Gasteiger partial charge on any atom is -0.379 e. The van der Waals surface area contributed by atoms with Crippen molar-refractivity contribution in [1.82, 2.24) is 5.32 Å². The molecule has 22 heavy (non-hydrogen) atoms. The molecule has 3 heteroatoms. The third-order valence-corrected chi connectivity index (χ3v) is 3.31. The average molecular weight is 297 g/mol. The van der Waals surface area contributed by atoms with Crippen molar-refractivity contribution in [2.45, 2.75) is 26.4 Å². The van der Waals surface area contributed by atoms with Crippen molar-refractivity contribution in [2.75, 3.05) is 13.2 Å². The molecule has 116 valence electrons. The second-order valence-corrected chi connectivity index (χ2v) is 5.44. The van der Waals surface area contributed by atoms with Crippen LogP contribution in [-0.2, 0) is 4.74 Å². The van der Waals surface area contributed by atoms with Crippen LogP contribution in [0.25, 0.3) is 11.1 Å². The van der Waals surface area contributed by atoms with Crippen LogP contribution < -0.4 is 5.32 Å². The molecule has 0 bridgehead atoms. The summed E-state index contributed by atoms with van der Waals surface area (Å²) >= 11 is 0. The van der Waals surface area contributed by atoms with E-state index in [0.717, 1.165) is 17.5 Å². The lowest BCUT2D eigenvalue weighted by atomic mass is 9.99. The van der Waals surface area contributed by atoms with Crippen molar-refractivity contribution >= 4 is 5.91 Å². The van der Waals surface area contributed by atoms with E-state index in [9.17, 15) is 4.79 Å². The highest BCUT2D eigenvalue weighted by Crippen LogP contribution is 2.23. The summed E-state index contributed by atoms with van der Waals surface area (Å²) in [4.78, 5) is 12.4. The molecule has 3 nitrogen and oxygen atoms in total. The van der Waals surface area contributed by atoms with Gasteiger partial charge in [0, 0.05) is 18.7 Å². The van der Waals surface area contributed by atoms with E-state index in [1.54, 1.807) is 0 Å². The van der Waals surface area contributed by atoms with Gasteiger partial charge in [0.2, 0.25) is 0 Å². The molecule has 0 unspecified atom stereocenters. The fourth-order valence-electron chi connectivity index (χ4n) is 2.24. The van der Waals surface area contributed by atoms with E-state index in [4.69, 9.17) is 4.74 Å². The van der Waals surface area contributed by atoms with Crippen LogP contribution in [0.5, 0.6) is 0 Å². The maximum Gasteiger partial charge on any atom is 0.251 e. The van der Waals surface area contributed by atoms with Gasteiger partial charge >= 0.3 is 0 Å². The van der Waals surface area contributed by atoms with Crippen LogP contribution in [0.2, 0.25) is 0 Å². The highest BCUT2D eigenvalue weighted by molar-refractivity contribution is 6.00. The molecule has 0 saturated carbocycles. The van der Waals surface area contributed by atoms with Gasteiger partial charge in [0.1, 0.15) is 0 Å². The quantitative estimate of drug-likeness (QED) is 0.787. The van der Waals surface area contributed by atoms with Crippen molar-refractivity contribution in [3.8, 4) is 11.1 Å². The van der Waals surface area contributed by atoms with E-state index in [-0.39, 0.29) is 12.0 Å². The summed E-state index contributed by atoms with van der Waals surface area (Å²) in [5.74, 6) is -0.0380. The van der Waals surface area contributed by atoms with Gasteiger partial charge in [0.05, 0.1) is 6.10 Å². The molecular formula is C19H23NO2. The molecule has 0 fully saturated rings. The van der Waals surface area contributed by atoms with Crippen molar-refractivity contribution in [2.24, 2.45) is 0 Å². The summed E-state index contributed by atoms with van der Waals surface area (Å²) in [5.41, 5.74) is 2.72. The Morgan fingerprint density at radius 1 is 1.05 bits per heavy atom. The molecule has 1 amide bonds. The van der Waals surface area contributed by atoms with Crippen molar-refractivity contribution < 1.29 is 9.53 Å². The first-order valence-electron chi connectivity index (χ1n) is 7.72. The third kappa shape index (κ3) is 4.71. The first-order valence-corrected chi connectivity index (χ1v) is 7.72. The van der Waals surface area contributed by atoms with E-state index >= 15 is 0 Å². The average Bonchev–Trinajstić information content (AvgIpc) is 2.55. The third-order valence-electron chi connectivity index (χ3n) is 3.31. The van der Waals surface area contributed by atoms with E-state index < -0.39 is 0 Å². The van der Waals surface area contributed by atoms with E-state index in [0.29, 0.717) is 18.7 Å². The molecule has 0 spiro atoms. The number of hydrogen-bond acceptors (Lipinski definition) is 2. The van der Waals surface area contributed by atoms with Crippen molar-refractivity contribution in [3.63, 3.8) is 0 Å². The smallest absolute Gasteiger partial charge is 0.251 e. The second-order valence-electron chi connectivity index (χ2n) is 5.44. The number of amides is 1. The molecular weight excluding hydrogens is 274 g/mol. The zero-order valence-electron chi connectivity index (χ0n) is 13.2. The lowest BCUT2D eigenvalue weighted by Crippen LogP contribution is -2.26. The van der Waals surface area contributed by atoms with Crippen LogP contribution >= 0.6 is 0 Å². The zero-order valence-corrected chi connectivity index (χ0v) is 13.2. The number of carbonyl (C=O) groups is 1. The molecule has 0 aromatic heterocycles. The second kappa shape index (κ2) is 8.35. The van der Waals surface area contributed by atoms with Crippen molar-refractivity contribution in [1.29, 1.82) is 0 Å².